The third-order valence-electron chi connectivity index (χ3n) is 3.54. The van der Waals surface area contributed by atoms with E-state index in [9.17, 15) is 9.90 Å². The predicted octanol–water partition coefficient (Wildman–Crippen LogP) is 2.65. The van der Waals surface area contributed by atoms with Gasteiger partial charge in [0.25, 0.3) is 5.91 Å². The standard InChI is InChI=1S/C14H19NO2/c1-14(2)7-9-15(10-8-14)13(17)11-5-3-4-6-12(11)16/h3-6,16H,7-10H2,1-2H3. The molecule has 0 saturated carbocycles. The number of rotatable bonds is 1. The average molecular weight is 233 g/mol. The first-order valence-electron chi connectivity index (χ1n) is 6.07. The minimum atomic E-state index is -0.0569. The van der Waals surface area contributed by atoms with Gasteiger partial charge in [-0.15, -0.1) is 0 Å². The van der Waals surface area contributed by atoms with Crippen LogP contribution in [0.2, 0.25) is 0 Å². The highest BCUT2D eigenvalue weighted by atomic mass is 16.3. The van der Waals surface area contributed by atoms with E-state index >= 15 is 0 Å². The Morgan fingerprint density at radius 2 is 1.82 bits per heavy atom. The summed E-state index contributed by atoms with van der Waals surface area (Å²) in [7, 11) is 0. The van der Waals surface area contributed by atoms with E-state index in [0.717, 1.165) is 25.9 Å². The second kappa shape index (κ2) is 4.40. The zero-order chi connectivity index (χ0) is 12.5. The molecule has 0 spiro atoms. The van der Waals surface area contributed by atoms with Crippen molar-refractivity contribution in [3.63, 3.8) is 0 Å². The van der Waals surface area contributed by atoms with E-state index in [2.05, 4.69) is 13.8 Å². The lowest BCUT2D eigenvalue weighted by molar-refractivity contribution is 0.0627. The maximum absolute atomic E-state index is 12.2. The SMILES string of the molecule is CC1(C)CCN(C(=O)c2ccccc2O)CC1. The Balaban J connectivity index is 2.10. The molecule has 1 N–H and O–H groups in total. The molecule has 1 aliphatic rings. The number of phenolic OH excluding ortho intramolecular Hbond substituents is 1. The van der Waals surface area contributed by atoms with Crippen LogP contribution in [-0.2, 0) is 0 Å². The highest BCUT2D eigenvalue weighted by molar-refractivity contribution is 5.96. The monoisotopic (exact) mass is 233 g/mol. The molecule has 92 valence electrons. The zero-order valence-electron chi connectivity index (χ0n) is 10.4. The van der Waals surface area contributed by atoms with E-state index in [-0.39, 0.29) is 11.7 Å². The number of piperidine rings is 1. The maximum Gasteiger partial charge on any atom is 0.257 e. The molecule has 2 rings (SSSR count). The Morgan fingerprint density at radius 3 is 2.41 bits per heavy atom. The lowest BCUT2D eigenvalue weighted by Crippen LogP contribution is -2.41. The topological polar surface area (TPSA) is 40.5 Å². The van der Waals surface area contributed by atoms with Crippen LogP contribution in [0, 0.1) is 5.41 Å². The van der Waals surface area contributed by atoms with Crippen LogP contribution in [0.3, 0.4) is 0 Å². The summed E-state index contributed by atoms with van der Waals surface area (Å²) >= 11 is 0. The van der Waals surface area contributed by atoms with Crippen molar-refractivity contribution in [1.82, 2.24) is 4.90 Å². The van der Waals surface area contributed by atoms with Crippen molar-refractivity contribution >= 4 is 5.91 Å². The fourth-order valence-electron chi connectivity index (χ4n) is 2.14. The summed E-state index contributed by atoms with van der Waals surface area (Å²) in [5, 5.41) is 9.67. The van der Waals surface area contributed by atoms with Gasteiger partial charge in [-0.1, -0.05) is 26.0 Å². The van der Waals surface area contributed by atoms with Crippen molar-refractivity contribution in [2.45, 2.75) is 26.7 Å². The fraction of sp³-hybridized carbons (Fsp3) is 0.500. The van der Waals surface area contributed by atoms with Gasteiger partial charge in [0.1, 0.15) is 5.75 Å². The number of carbonyl (C=O) groups excluding carboxylic acids is 1. The first-order valence-corrected chi connectivity index (χ1v) is 6.07. The fourth-order valence-corrected chi connectivity index (χ4v) is 2.14. The van der Waals surface area contributed by atoms with E-state index in [1.807, 2.05) is 4.90 Å². The van der Waals surface area contributed by atoms with E-state index in [0.29, 0.717) is 11.0 Å². The molecule has 1 fully saturated rings. The van der Waals surface area contributed by atoms with Crippen LogP contribution in [0.4, 0.5) is 0 Å². The van der Waals surface area contributed by atoms with Gasteiger partial charge in [0, 0.05) is 13.1 Å². The summed E-state index contributed by atoms with van der Waals surface area (Å²) in [4.78, 5) is 14.0. The van der Waals surface area contributed by atoms with E-state index in [1.54, 1.807) is 24.3 Å². The summed E-state index contributed by atoms with van der Waals surface area (Å²) in [5.41, 5.74) is 0.738. The first kappa shape index (κ1) is 12.0. The zero-order valence-corrected chi connectivity index (χ0v) is 10.4. The van der Waals surface area contributed by atoms with Crippen LogP contribution in [0.1, 0.15) is 37.0 Å². The van der Waals surface area contributed by atoms with Crippen molar-refractivity contribution in [3.8, 4) is 5.75 Å². The molecule has 1 aromatic rings. The minimum absolute atomic E-state index is 0.0569. The first-order chi connectivity index (χ1) is 7.99. The molecule has 0 aliphatic carbocycles. The minimum Gasteiger partial charge on any atom is -0.507 e. The summed E-state index contributed by atoms with van der Waals surface area (Å²) in [6.07, 6.45) is 2.04. The van der Waals surface area contributed by atoms with E-state index in [4.69, 9.17) is 0 Å². The van der Waals surface area contributed by atoms with Crippen molar-refractivity contribution < 1.29 is 9.90 Å². The molecule has 0 unspecified atom stereocenters. The lowest BCUT2D eigenvalue weighted by Gasteiger charge is -2.37. The number of hydrogen-bond donors (Lipinski definition) is 1. The number of amides is 1. The number of para-hydroxylation sites is 1. The van der Waals surface area contributed by atoms with Gasteiger partial charge in [0.05, 0.1) is 5.56 Å². The van der Waals surface area contributed by atoms with Gasteiger partial charge in [-0.3, -0.25) is 4.79 Å². The van der Waals surface area contributed by atoms with Crippen LogP contribution < -0.4 is 0 Å². The second-order valence-corrected chi connectivity index (χ2v) is 5.47. The van der Waals surface area contributed by atoms with Gasteiger partial charge in [-0.05, 0) is 30.4 Å². The summed E-state index contributed by atoms with van der Waals surface area (Å²) in [6, 6.07) is 6.74. The van der Waals surface area contributed by atoms with Crippen LogP contribution in [-0.4, -0.2) is 29.0 Å². The molecule has 3 nitrogen and oxygen atoms in total. The second-order valence-electron chi connectivity index (χ2n) is 5.47. The van der Waals surface area contributed by atoms with Crippen molar-refractivity contribution in [1.29, 1.82) is 0 Å². The maximum atomic E-state index is 12.2. The van der Waals surface area contributed by atoms with E-state index in [1.165, 1.54) is 0 Å². The normalized spacial score (nSPS) is 19.1. The molecular weight excluding hydrogens is 214 g/mol. The molecule has 1 saturated heterocycles. The molecule has 3 heteroatoms. The molecule has 17 heavy (non-hydrogen) atoms. The van der Waals surface area contributed by atoms with Gasteiger partial charge in [0.15, 0.2) is 0 Å². The summed E-state index contributed by atoms with van der Waals surface area (Å²) < 4.78 is 0. The number of phenols is 1. The predicted molar refractivity (Wildman–Crippen MR) is 67.0 cm³/mol. The van der Waals surface area contributed by atoms with Crippen LogP contribution in [0.15, 0.2) is 24.3 Å². The van der Waals surface area contributed by atoms with Crippen LogP contribution >= 0.6 is 0 Å². The average Bonchev–Trinajstić information content (AvgIpc) is 2.29. The molecule has 0 atom stereocenters. The highest BCUT2D eigenvalue weighted by Gasteiger charge is 2.28. The van der Waals surface area contributed by atoms with Crippen LogP contribution in [0.5, 0.6) is 5.75 Å². The lowest BCUT2D eigenvalue weighted by atomic mass is 9.82. The Morgan fingerprint density at radius 1 is 1.24 bits per heavy atom. The van der Waals surface area contributed by atoms with Gasteiger partial charge >= 0.3 is 0 Å². The van der Waals surface area contributed by atoms with Gasteiger partial charge in [0.2, 0.25) is 0 Å². The molecule has 1 aliphatic heterocycles. The Hall–Kier alpha value is -1.51. The number of aromatic hydroxyl groups is 1. The Bertz CT molecular complexity index is 416. The van der Waals surface area contributed by atoms with Gasteiger partial charge in [-0.25, -0.2) is 0 Å². The van der Waals surface area contributed by atoms with Crippen molar-refractivity contribution in [3.05, 3.63) is 29.8 Å². The third kappa shape index (κ3) is 2.60. The Kier molecular flexibility index (Phi) is 3.09. The molecule has 0 bridgehead atoms. The summed E-state index contributed by atoms with van der Waals surface area (Å²) in [5.74, 6) is 0.0148. The largest absolute Gasteiger partial charge is 0.507 e. The molecule has 1 aromatic carbocycles. The van der Waals surface area contributed by atoms with Crippen molar-refractivity contribution in [2.24, 2.45) is 5.41 Å². The quantitative estimate of drug-likeness (QED) is 0.810. The Labute approximate surface area is 102 Å². The number of hydrogen-bond acceptors (Lipinski definition) is 2. The van der Waals surface area contributed by atoms with Gasteiger partial charge < -0.3 is 10.0 Å². The smallest absolute Gasteiger partial charge is 0.257 e. The van der Waals surface area contributed by atoms with E-state index < -0.39 is 0 Å². The molecule has 1 amide bonds. The number of carbonyl (C=O) groups is 1. The highest BCUT2D eigenvalue weighted by Crippen LogP contribution is 2.31. The van der Waals surface area contributed by atoms with Crippen LogP contribution in [0.25, 0.3) is 0 Å². The molecule has 0 radical (unpaired) electrons. The molecule has 1 heterocycles. The number of nitrogens with zero attached hydrogens (tertiary/aromatic N) is 1. The third-order valence-corrected chi connectivity index (χ3v) is 3.54. The summed E-state index contributed by atoms with van der Waals surface area (Å²) in [6.45, 7) is 6.02. The van der Waals surface area contributed by atoms with Gasteiger partial charge in [-0.2, -0.15) is 0 Å². The molecule has 0 aromatic heterocycles. The molecular formula is C14H19NO2. The van der Waals surface area contributed by atoms with Crippen molar-refractivity contribution in [2.75, 3.05) is 13.1 Å². The number of benzene rings is 1. The number of likely N-dealkylation sites (tertiary alicyclic amines) is 1.